The number of carbonyl (C=O) groups excluding carboxylic acids is 1. The number of phenolic OH excluding ortho intramolecular Hbond substituents is 1. The number of amides is 1. The molecule has 1 N–H and O–H groups in total. The van der Waals surface area contributed by atoms with Gasteiger partial charge in [0.1, 0.15) is 11.2 Å². The van der Waals surface area contributed by atoms with Crippen molar-refractivity contribution in [3.8, 4) is 11.8 Å². The summed E-state index contributed by atoms with van der Waals surface area (Å²) in [7, 11) is 0. The van der Waals surface area contributed by atoms with E-state index in [1.165, 1.54) is 0 Å². The van der Waals surface area contributed by atoms with Crippen LogP contribution in [0.1, 0.15) is 26.2 Å². The van der Waals surface area contributed by atoms with E-state index >= 15 is 0 Å². The first kappa shape index (κ1) is 12.4. The second kappa shape index (κ2) is 4.69. The van der Waals surface area contributed by atoms with Crippen molar-refractivity contribution >= 4 is 11.6 Å². The molecule has 1 aromatic rings. The number of hydrogen-bond donors (Lipinski definition) is 1. The third kappa shape index (κ3) is 1.92. The Morgan fingerprint density at radius 3 is 2.72 bits per heavy atom. The van der Waals surface area contributed by atoms with Gasteiger partial charge in [-0.25, -0.2) is 0 Å². The molecule has 18 heavy (non-hydrogen) atoms. The van der Waals surface area contributed by atoms with E-state index in [1.807, 2.05) is 6.92 Å². The van der Waals surface area contributed by atoms with Gasteiger partial charge in [-0.05, 0) is 38.3 Å². The Morgan fingerprint density at radius 2 is 2.28 bits per heavy atom. The molecule has 0 unspecified atom stereocenters. The highest BCUT2D eigenvalue weighted by Gasteiger charge is 2.46. The maximum atomic E-state index is 12.4. The molecule has 0 aromatic heterocycles. The third-order valence-electron chi connectivity index (χ3n) is 3.53. The van der Waals surface area contributed by atoms with Gasteiger partial charge in [0.15, 0.2) is 0 Å². The van der Waals surface area contributed by atoms with Crippen molar-refractivity contribution in [1.82, 2.24) is 0 Å². The topological polar surface area (TPSA) is 64.3 Å². The molecule has 1 aromatic carbocycles. The number of aromatic hydroxyl groups is 1. The Morgan fingerprint density at radius 1 is 1.56 bits per heavy atom. The van der Waals surface area contributed by atoms with Gasteiger partial charge < -0.3 is 10.0 Å². The standard InChI is InChI=1S/C14H16N2O2/c1-2-16(11-5-3-6-12(17)9-11)13(18)14(10-15)7-4-8-14/h3,5-6,9,17H,2,4,7-8H2,1H3. The molecular formula is C14H16N2O2. The lowest BCUT2D eigenvalue weighted by Crippen LogP contribution is -2.47. The molecule has 4 heteroatoms. The van der Waals surface area contributed by atoms with E-state index in [9.17, 15) is 15.2 Å². The lowest BCUT2D eigenvalue weighted by molar-refractivity contribution is -0.128. The van der Waals surface area contributed by atoms with Gasteiger partial charge in [-0.3, -0.25) is 4.79 Å². The summed E-state index contributed by atoms with van der Waals surface area (Å²) in [5, 5.41) is 18.7. The van der Waals surface area contributed by atoms with E-state index in [1.54, 1.807) is 29.2 Å². The minimum Gasteiger partial charge on any atom is -0.508 e. The van der Waals surface area contributed by atoms with Gasteiger partial charge in [0.25, 0.3) is 0 Å². The zero-order valence-corrected chi connectivity index (χ0v) is 10.4. The zero-order valence-electron chi connectivity index (χ0n) is 10.4. The first-order chi connectivity index (χ1) is 8.63. The lowest BCUT2D eigenvalue weighted by Gasteiger charge is -2.37. The number of nitrogens with zero attached hydrogens (tertiary/aromatic N) is 2. The number of benzene rings is 1. The molecule has 2 rings (SSSR count). The van der Waals surface area contributed by atoms with Crippen LogP contribution in [0.4, 0.5) is 5.69 Å². The summed E-state index contributed by atoms with van der Waals surface area (Å²) in [5.74, 6) is -0.0253. The van der Waals surface area contributed by atoms with Crippen molar-refractivity contribution in [2.75, 3.05) is 11.4 Å². The van der Waals surface area contributed by atoms with Crippen LogP contribution in [0.25, 0.3) is 0 Å². The average Bonchev–Trinajstić information content (AvgIpc) is 2.29. The van der Waals surface area contributed by atoms with Crippen LogP contribution in [0.15, 0.2) is 24.3 Å². The fraction of sp³-hybridized carbons (Fsp3) is 0.429. The van der Waals surface area contributed by atoms with E-state index < -0.39 is 5.41 Å². The van der Waals surface area contributed by atoms with E-state index in [-0.39, 0.29) is 11.7 Å². The molecule has 0 aliphatic heterocycles. The summed E-state index contributed by atoms with van der Waals surface area (Å²) in [6.45, 7) is 2.36. The Hall–Kier alpha value is -2.02. The summed E-state index contributed by atoms with van der Waals surface area (Å²) in [6, 6.07) is 8.73. The number of nitriles is 1. The van der Waals surface area contributed by atoms with Crippen LogP contribution in [-0.4, -0.2) is 17.6 Å². The maximum Gasteiger partial charge on any atom is 0.247 e. The summed E-state index contributed by atoms with van der Waals surface area (Å²) in [5.41, 5.74) is -0.203. The smallest absolute Gasteiger partial charge is 0.247 e. The number of carbonyl (C=O) groups is 1. The second-order valence-electron chi connectivity index (χ2n) is 4.62. The Balaban J connectivity index is 2.29. The van der Waals surface area contributed by atoms with Gasteiger partial charge in [-0.2, -0.15) is 5.26 Å². The van der Waals surface area contributed by atoms with Crippen molar-refractivity contribution in [2.24, 2.45) is 5.41 Å². The minimum absolute atomic E-state index is 0.123. The highest BCUT2D eigenvalue weighted by molar-refractivity contribution is 6.00. The third-order valence-corrected chi connectivity index (χ3v) is 3.53. The maximum absolute atomic E-state index is 12.4. The first-order valence-electron chi connectivity index (χ1n) is 6.15. The predicted molar refractivity (Wildman–Crippen MR) is 68.0 cm³/mol. The van der Waals surface area contributed by atoms with Gasteiger partial charge in [-0.1, -0.05) is 6.07 Å². The molecule has 0 heterocycles. The van der Waals surface area contributed by atoms with Crippen LogP contribution < -0.4 is 4.90 Å². The molecular weight excluding hydrogens is 228 g/mol. The monoisotopic (exact) mass is 244 g/mol. The molecule has 94 valence electrons. The molecule has 0 atom stereocenters. The highest BCUT2D eigenvalue weighted by Crippen LogP contribution is 2.42. The summed E-state index contributed by atoms with van der Waals surface area (Å²) >= 11 is 0. The predicted octanol–water partition coefficient (Wildman–Crippen LogP) is 2.44. The van der Waals surface area contributed by atoms with Crippen molar-refractivity contribution in [2.45, 2.75) is 26.2 Å². The van der Waals surface area contributed by atoms with Crippen LogP contribution in [0.2, 0.25) is 0 Å². The van der Waals surface area contributed by atoms with Gasteiger partial charge in [0.05, 0.1) is 6.07 Å². The number of rotatable bonds is 3. The van der Waals surface area contributed by atoms with Crippen LogP contribution >= 0.6 is 0 Å². The first-order valence-corrected chi connectivity index (χ1v) is 6.15. The number of hydrogen-bond acceptors (Lipinski definition) is 3. The summed E-state index contributed by atoms with van der Waals surface area (Å²) in [6.07, 6.45) is 2.20. The second-order valence-corrected chi connectivity index (χ2v) is 4.62. The SMILES string of the molecule is CCN(C(=O)C1(C#N)CCC1)c1cccc(O)c1. The van der Waals surface area contributed by atoms with Crippen molar-refractivity contribution < 1.29 is 9.90 Å². The Bertz CT molecular complexity index is 501. The summed E-state index contributed by atoms with van der Waals surface area (Å²) in [4.78, 5) is 14.0. The molecule has 1 saturated carbocycles. The molecule has 0 bridgehead atoms. The molecule has 1 amide bonds. The Labute approximate surface area is 106 Å². The number of anilines is 1. The van der Waals surface area contributed by atoms with E-state index in [4.69, 9.17) is 0 Å². The summed E-state index contributed by atoms with van der Waals surface area (Å²) < 4.78 is 0. The molecule has 0 saturated heterocycles. The molecule has 1 fully saturated rings. The fourth-order valence-electron chi connectivity index (χ4n) is 2.27. The normalized spacial score (nSPS) is 16.4. The van der Waals surface area contributed by atoms with Crippen molar-refractivity contribution in [3.63, 3.8) is 0 Å². The minimum atomic E-state index is -0.846. The van der Waals surface area contributed by atoms with Crippen molar-refractivity contribution in [3.05, 3.63) is 24.3 Å². The molecule has 0 spiro atoms. The van der Waals surface area contributed by atoms with E-state index in [0.717, 1.165) is 6.42 Å². The van der Waals surface area contributed by atoms with Crippen LogP contribution in [0.5, 0.6) is 5.75 Å². The fourth-order valence-corrected chi connectivity index (χ4v) is 2.27. The van der Waals surface area contributed by atoms with E-state index in [0.29, 0.717) is 25.1 Å². The van der Waals surface area contributed by atoms with Gasteiger partial charge in [0, 0.05) is 18.3 Å². The van der Waals surface area contributed by atoms with Crippen LogP contribution in [-0.2, 0) is 4.79 Å². The highest BCUT2D eigenvalue weighted by atomic mass is 16.3. The number of phenols is 1. The van der Waals surface area contributed by atoms with Crippen LogP contribution in [0.3, 0.4) is 0 Å². The Kier molecular flexibility index (Phi) is 3.24. The molecule has 4 nitrogen and oxygen atoms in total. The largest absolute Gasteiger partial charge is 0.508 e. The van der Waals surface area contributed by atoms with Crippen LogP contribution in [0, 0.1) is 16.7 Å². The molecule has 1 aliphatic carbocycles. The lowest BCUT2D eigenvalue weighted by atomic mass is 9.69. The van der Waals surface area contributed by atoms with Gasteiger partial charge in [0.2, 0.25) is 5.91 Å². The van der Waals surface area contributed by atoms with Crippen molar-refractivity contribution in [1.29, 1.82) is 5.26 Å². The van der Waals surface area contributed by atoms with Gasteiger partial charge in [-0.15, -0.1) is 0 Å². The molecule has 1 aliphatic rings. The average molecular weight is 244 g/mol. The van der Waals surface area contributed by atoms with Gasteiger partial charge >= 0.3 is 0 Å². The quantitative estimate of drug-likeness (QED) is 0.888. The molecule has 0 radical (unpaired) electrons. The zero-order chi connectivity index (χ0) is 13.2. The van der Waals surface area contributed by atoms with E-state index in [2.05, 4.69) is 6.07 Å².